The summed E-state index contributed by atoms with van der Waals surface area (Å²) in [5, 5.41) is 20.2. The summed E-state index contributed by atoms with van der Waals surface area (Å²) >= 11 is 0. The van der Waals surface area contributed by atoms with E-state index >= 15 is 0 Å². The normalized spacial score (nSPS) is 19.3. The zero-order valence-electron chi connectivity index (χ0n) is 17.5. The van der Waals surface area contributed by atoms with Gasteiger partial charge < -0.3 is 24.8 Å². The Balaban J connectivity index is 1.46. The number of nitrogens with zero attached hydrogens (tertiary/aromatic N) is 3. The van der Waals surface area contributed by atoms with Crippen molar-refractivity contribution in [3.8, 4) is 11.6 Å². The maximum absolute atomic E-state index is 13.3. The van der Waals surface area contributed by atoms with Crippen LogP contribution in [-0.4, -0.2) is 63.0 Å². The highest BCUT2D eigenvalue weighted by atomic mass is 16.5. The molecule has 5 rings (SSSR count). The van der Waals surface area contributed by atoms with E-state index in [0.29, 0.717) is 60.8 Å². The summed E-state index contributed by atoms with van der Waals surface area (Å²) in [6.07, 6.45) is 2.30. The number of carboxylic acid groups (broad SMARTS) is 1. The summed E-state index contributed by atoms with van der Waals surface area (Å²) in [4.78, 5) is 30.5. The van der Waals surface area contributed by atoms with Crippen molar-refractivity contribution < 1.29 is 24.2 Å². The Morgan fingerprint density at radius 2 is 2.09 bits per heavy atom. The summed E-state index contributed by atoms with van der Waals surface area (Å²) in [7, 11) is 1.54. The fourth-order valence-electron chi connectivity index (χ4n) is 4.56. The lowest BCUT2D eigenvalue weighted by Crippen LogP contribution is -2.53. The van der Waals surface area contributed by atoms with E-state index in [9.17, 15) is 14.7 Å². The number of aromatic nitrogens is 3. The molecular weight excluding hydrogens is 414 g/mol. The molecular formula is C22H23N5O5. The lowest BCUT2D eigenvalue weighted by molar-refractivity contribution is -0.0218. The van der Waals surface area contributed by atoms with Crippen molar-refractivity contribution in [3.63, 3.8) is 0 Å². The summed E-state index contributed by atoms with van der Waals surface area (Å²) < 4.78 is 11.6. The highest BCUT2D eigenvalue weighted by molar-refractivity contribution is 6.05. The van der Waals surface area contributed by atoms with Crippen molar-refractivity contribution in [1.82, 2.24) is 25.4 Å². The number of hydrogen-bond acceptors (Lipinski definition) is 6. The molecule has 3 aromatic rings. The molecule has 10 heteroatoms. The Labute approximate surface area is 183 Å². The molecule has 0 radical (unpaired) electrons. The molecule has 0 bridgehead atoms. The Morgan fingerprint density at radius 3 is 2.84 bits per heavy atom. The van der Waals surface area contributed by atoms with Crippen LogP contribution in [0.4, 0.5) is 4.79 Å². The number of nitrogens with one attached hydrogen (secondary N) is 2. The van der Waals surface area contributed by atoms with Gasteiger partial charge in [0.15, 0.2) is 0 Å². The molecule has 1 fully saturated rings. The molecule has 1 atom stereocenters. The Bertz CT molecular complexity index is 1180. The monoisotopic (exact) mass is 437 g/mol. The first-order valence-corrected chi connectivity index (χ1v) is 10.4. The summed E-state index contributed by atoms with van der Waals surface area (Å²) in [5.74, 6) is 0.755. The van der Waals surface area contributed by atoms with Crippen LogP contribution in [0, 0.1) is 0 Å². The van der Waals surface area contributed by atoms with E-state index in [0.717, 1.165) is 5.39 Å². The number of aromatic amines is 1. The second kappa shape index (κ2) is 7.70. The van der Waals surface area contributed by atoms with Gasteiger partial charge in [0.25, 0.3) is 5.91 Å². The van der Waals surface area contributed by atoms with E-state index in [1.807, 2.05) is 12.1 Å². The molecule has 2 aliphatic rings. The van der Waals surface area contributed by atoms with Crippen LogP contribution in [0.3, 0.4) is 0 Å². The molecule has 4 heterocycles. The van der Waals surface area contributed by atoms with E-state index in [2.05, 4.69) is 20.5 Å². The predicted molar refractivity (Wildman–Crippen MR) is 114 cm³/mol. The quantitative estimate of drug-likeness (QED) is 0.574. The minimum atomic E-state index is -0.931. The molecule has 0 saturated carbocycles. The molecule has 166 valence electrons. The minimum Gasteiger partial charge on any atom is -0.485 e. The number of benzene rings is 1. The van der Waals surface area contributed by atoms with Gasteiger partial charge in [-0.3, -0.25) is 9.89 Å². The minimum absolute atomic E-state index is 0.250. The van der Waals surface area contributed by atoms with E-state index in [-0.39, 0.29) is 5.91 Å². The van der Waals surface area contributed by atoms with Crippen LogP contribution < -0.4 is 14.8 Å². The lowest BCUT2D eigenvalue weighted by atomic mass is 9.81. The number of piperidine rings is 1. The third-order valence-corrected chi connectivity index (χ3v) is 6.27. The summed E-state index contributed by atoms with van der Waals surface area (Å²) in [6, 6.07) is 8.54. The summed E-state index contributed by atoms with van der Waals surface area (Å²) in [6.45, 7) is 0.755. The van der Waals surface area contributed by atoms with Crippen molar-refractivity contribution in [2.45, 2.75) is 30.9 Å². The van der Waals surface area contributed by atoms with Crippen molar-refractivity contribution in [1.29, 1.82) is 0 Å². The molecule has 1 aromatic carbocycles. The highest BCUT2D eigenvalue weighted by Gasteiger charge is 2.45. The number of likely N-dealkylation sites (tertiary alicyclic amines) is 1. The van der Waals surface area contributed by atoms with Crippen molar-refractivity contribution in [3.05, 3.63) is 47.8 Å². The number of methoxy groups -OCH3 is 1. The van der Waals surface area contributed by atoms with Gasteiger partial charge in [-0.05, 0) is 12.1 Å². The van der Waals surface area contributed by atoms with Crippen molar-refractivity contribution in [2.24, 2.45) is 0 Å². The van der Waals surface area contributed by atoms with Crippen LogP contribution in [0.5, 0.6) is 11.6 Å². The smallest absolute Gasteiger partial charge is 0.407 e. The van der Waals surface area contributed by atoms with Crippen LogP contribution in [0.25, 0.3) is 10.9 Å². The number of carbonyl (C=O) groups is 2. The van der Waals surface area contributed by atoms with Crippen LogP contribution >= 0.6 is 0 Å². The van der Waals surface area contributed by atoms with Gasteiger partial charge in [0.05, 0.1) is 30.4 Å². The van der Waals surface area contributed by atoms with Crippen LogP contribution in [-0.2, 0) is 0 Å². The van der Waals surface area contributed by atoms with Gasteiger partial charge >= 0.3 is 6.09 Å². The summed E-state index contributed by atoms with van der Waals surface area (Å²) in [5.41, 5.74) is 1.18. The average Bonchev–Trinajstić information content (AvgIpc) is 3.28. The number of carbonyl (C=O) groups excluding carboxylic acids is 1. The SMILES string of the molecule is COc1ccc2c(n1)[C@@H](NC(=O)c1cccc3cn[nH]c13)CC1(CCN(C(=O)O)CC1)O2. The van der Waals surface area contributed by atoms with Crippen LogP contribution in [0.2, 0.25) is 0 Å². The number of hydrogen-bond donors (Lipinski definition) is 3. The third-order valence-electron chi connectivity index (χ3n) is 6.27. The Morgan fingerprint density at radius 1 is 1.28 bits per heavy atom. The number of fused-ring (bicyclic) bond motifs is 2. The first kappa shape index (κ1) is 20.1. The van der Waals surface area contributed by atoms with Crippen LogP contribution in [0.1, 0.15) is 41.4 Å². The van der Waals surface area contributed by atoms with Gasteiger partial charge in [0, 0.05) is 43.8 Å². The zero-order chi connectivity index (χ0) is 22.3. The first-order valence-electron chi connectivity index (χ1n) is 10.4. The topological polar surface area (TPSA) is 130 Å². The second-order valence-electron chi connectivity index (χ2n) is 8.16. The number of para-hydroxylation sites is 1. The second-order valence-corrected chi connectivity index (χ2v) is 8.16. The van der Waals surface area contributed by atoms with Crippen molar-refractivity contribution in [2.75, 3.05) is 20.2 Å². The average molecular weight is 437 g/mol. The molecule has 1 saturated heterocycles. The lowest BCUT2D eigenvalue weighted by Gasteiger charge is -2.46. The Kier molecular flexibility index (Phi) is 4.84. The van der Waals surface area contributed by atoms with Gasteiger partial charge in [0.2, 0.25) is 5.88 Å². The molecule has 3 N–H and O–H groups in total. The highest BCUT2D eigenvalue weighted by Crippen LogP contribution is 2.44. The van der Waals surface area contributed by atoms with Gasteiger partial charge in [-0.2, -0.15) is 5.10 Å². The molecule has 2 aliphatic heterocycles. The fourth-order valence-corrected chi connectivity index (χ4v) is 4.56. The van der Waals surface area contributed by atoms with E-state index < -0.39 is 17.7 Å². The molecule has 32 heavy (non-hydrogen) atoms. The third kappa shape index (κ3) is 3.47. The predicted octanol–water partition coefficient (Wildman–Crippen LogP) is 2.73. The van der Waals surface area contributed by atoms with E-state index in [1.165, 1.54) is 12.0 Å². The molecule has 0 aliphatic carbocycles. The van der Waals surface area contributed by atoms with Gasteiger partial charge in [-0.15, -0.1) is 0 Å². The number of ether oxygens (including phenoxy) is 2. The maximum Gasteiger partial charge on any atom is 0.407 e. The van der Waals surface area contributed by atoms with Crippen molar-refractivity contribution >= 4 is 22.9 Å². The van der Waals surface area contributed by atoms with Crippen LogP contribution in [0.15, 0.2) is 36.5 Å². The van der Waals surface area contributed by atoms with E-state index in [1.54, 1.807) is 24.4 Å². The standard InChI is InChI=1S/C22H23N5O5/c1-31-17-6-5-16-19(25-17)15(11-22(32-16)7-9-27(10-8-22)21(29)30)24-20(28)14-4-2-3-13-12-23-26-18(13)14/h2-6,12,15H,7-11H2,1H3,(H,23,26)(H,24,28)(H,29,30)/t15-/m0/s1. The first-order chi connectivity index (χ1) is 15.5. The fraction of sp³-hybridized carbons (Fsp3) is 0.364. The number of rotatable bonds is 3. The number of amides is 2. The number of H-pyrrole nitrogens is 1. The Hall–Kier alpha value is -3.82. The van der Waals surface area contributed by atoms with Gasteiger partial charge in [-0.25, -0.2) is 9.78 Å². The molecule has 1 spiro atoms. The maximum atomic E-state index is 13.3. The molecule has 2 aromatic heterocycles. The zero-order valence-corrected chi connectivity index (χ0v) is 17.5. The molecule has 10 nitrogen and oxygen atoms in total. The number of pyridine rings is 1. The molecule has 0 unspecified atom stereocenters. The van der Waals surface area contributed by atoms with Gasteiger partial charge in [-0.1, -0.05) is 12.1 Å². The largest absolute Gasteiger partial charge is 0.485 e. The van der Waals surface area contributed by atoms with Gasteiger partial charge in [0.1, 0.15) is 17.0 Å². The molecule has 2 amide bonds. The van der Waals surface area contributed by atoms with E-state index in [4.69, 9.17) is 9.47 Å².